The van der Waals surface area contributed by atoms with E-state index >= 15 is 0 Å². The van der Waals surface area contributed by atoms with Gasteiger partial charge in [0.2, 0.25) is 11.2 Å². The van der Waals surface area contributed by atoms with Gasteiger partial charge >= 0.3 is 0 Å². The van der Waals surface area contributed by atoms with Crippen molar-refractivity contribution >= 4 is 11.6 Å². The van der Waals surface area contributed by atoms with Crippen molar-refractivity contribution in [2.45, 2.75) is 13.5 Å². The topological polar surface area (TPSA) is 74.3 Å². The normalized spacial score (nSPS) is 10.8. The van der Waals surface area contributed by atoms with Crippen LogP contribution in [0.3, 0.4) is 0 Å². The average molecular weight is 276 g/mol. The molecule has 3 heterocycles. The SMILES string of the molecule is CCn1cc(-c2nc(Cl)nc(-n3ccnc3)n2)cn1. The van der Waals surface area contributed by atoms with Gasteiger partial charge in [0.05, 0.1) is 11.8 Å². The summed E-state index contributed by atoms with van der Waals surface area (Å²) in [5.41, 5.74) is 0.799. The molecule has 19 heavy (non-hydrogen) atoms. The summed E-state index contributed by atoms with van der Waals surface area (Å²) in [6.07, 6.45) is 8.55. The molecule has 0 spiro atoms. The summed E-state index contributed by atoms with van der Waals surface area (Å²) in [6, 6.07) is 0. The van der Waals surface area contributed by atoms with Crippen molar-refractivity contribution in [2.75, 3.05) is 0 Å². The van der Waals surface area contributed by atoms with Crippen LogP contribution in [0.4, 0.5) is 0 Å². The third-order valence-corrected chi connectivity index (χ3v) is 2.72. The zero-order valence-corrected chi connectivity index (χ0v) is 10.9. The summed E-state index contributed by atoms with van der Waals surface area (Å²) in [6.45, 7) is 2.79. The summed E-state index contributed by atoms with van der Waals surface area (Å²) in [5.74, 6) is 0.917. The van der Waals surface area contributed by atoms with Crippen LogP contribution in [-0.4, -0.2) is 34.3 Å². The third kappa shape index (κ3) is 2.32. The summed E-state index contributed by atoms with van der Waals surface area (Å²) in [4.78, 5) is 16.5. The first-order valence-electron chi connectivity index (χ1n) is 5.69. The van der Waals surface area contributed by atoms with Gasteiger partial charge in [-0.2, -0.15) is 20.1 Å². The van der Waals surface area contributed by atoms with Crippen LogP contribution in [0.25, 0.3) is 17.3 Å². The first-order valence-corrected chi connectivity index (χ1v) is 6.07. The van der Waals surface area contributed by atoms with Crippen LogP contribution in [0.15, 0.2) is 31.1 Å². The van der Waals surface area contributed by atoms with Gasteiger partial charge in [-0.15, -0.1) is 0 Å². The van der Waals surface area contributed by atoms with Gasteiger partial charge in [-0.25, -0.2) is 4.98 Å². The Bertz CT molecular complexity index is 689. The fourth-order valence-corrected chi connectivity index (χ4v) is 1.77. The van der Waals surface area contributed by atoms with Crippen molar-refractivity contribution in [1.29, 1.82) is 0 Å². The van der Waals surface area contributed by atoms with E-state index in [0.29, 0.717) is 11.8 Å². The van der Waals surface area contributed by atoms with Crippen molar-refractivity contribution in [2.24, 2.45) is 0 Å². The molecule has 3 rings (SSSR count). The third-order valence-electron chi connectivity index (χ3n) is 2.55. The second-order valence-corrected chi connectivity index (χ2v) is 4.12. The van der Waals surface area contributed by atoms with E-state index in [2.05, 4.69) is 25.0 Å². The average Bonchev–Trinajstić information content (AvgIpc) is 3.09. The Morgan fingerprint density at radius 1 is 1.26 bits per heavy atom. The number of halogens is 1. The monoisotopic (exact) mass is 275 g/mol. The van der Waals surface area contributed by atoms with Gasteiger partial charge in [-0.05, 0) is 18.5 Å². The summed E-state index contributed by atoms with van der Waals surface area (Å²) in [7, 11) is 0. The minimum absolute atomic E-state index is 0.137. The molecule has 96 valence electrons. The molecule has 0 aliphatic rings. The molecule has 3 aromatic heterocycles. The Labute approximate surface area is 113 Å². The molecule has 0 radical (unpaired) electrons. The lowest BCUT2D eigenvalue weighted by Crippen LogP contribution is -2.02. The first-order chi connectivity index (χ1) is 9.26. The van der Waals surface area contributed by atoms with Gasteiger partial charge in [0.25, 0.3) is 0 Å². The number of hydrogen-bond donors (Lipinski definition) is 0. The van der Waals surface area contributed by atoms with E-state index in [4.69, 9.17) is 11.6 Å². The molecule has 0 saturated carbocycles. The van der Waals surface area contributed by atoms with E-state index in [0.717, 1.165) is 12.1 Å². The van der Waals surface area contributed by atoms with Gasteiger partial charge in [0.15, 0.2) is 5.82 Å². The van der Waals surface area contributed by atoms with E-state index in [-0.39, 0.29) is 5.28 Å². The van der Waals surface area contributed by atoms with Crippen LogP contribution in [-0.2, 0) is 6.54 Å². The first kappa shape index (κ1) is 11.8. The number of nitrogens with zero attached hydrogens (tertiary/aromatic N) is 7. The highest BCUT2D eigenvalue weighted by Gasteiger charge is 2.10. The highest BCUT2D eigenvalue weighted by molar-refractivity contribution is 6.28. The van der Waals surface area contributed by atoms with Crippen LogP contribution in [0, 0.1) is 0 Å². The summed E-state index contributed by atoms with van der Waals surface area (Å²) >= 11 is 5.93. The molecular weight excluding hydrogens is 266 g/mol. The van der Waals surface area contributed by atoms with Gasteiger partial charge in [0, 0.05) is 25.1 Å². The quantitative estimate of drug-likeness (QED) is 0.726. The van der Waals surface area contributed by atoms with Crippen molar-refractivity contribution in [1.82, 2.24) is 34.3 Å². The number of aromatic nitrogens is 7. The molecule has 0 bridgehead atoms. The summed E-state index contributed by atoms with van der Waals surface area (Å²) in [5, 5.41) is 4.32. The van der Waals surface area contributed by atoms with Gasteiger partial charge in [-0.1, -0.05) is 0 Å². The molecule has 0 N–H and O–H groups in total. The lowest BCUT2D eigenvalue weighted by atomic mass is 10.3. The molecule has 0 unspecified atom stereocenters. The Kier molecular flexibility index (Phi) is 2.96. The Balaban J connectivity index is 2.07. The second-order valence-electron chi connectivity index (χ2n) is 3.78. The summed E-state index contributed by atoms with van der Waals surface area (Å²) < 4.78 is 3.46. The Morgan fingerprint density at radius 3 is 2.84 bits per heavy atom. The molecule has 3 aromatic rings. The minimum atomic E-state index is 0.137. The van der Waals surface area contributed by atoms with Crippen molar-refractivity contribution in [3.05, 3.63) is 36.4 Å². The maximum Gasteiger partial charge on any atom is 0.239 e. The Morgan fingerprint density at radius 2 is 2.16 bits per heavy atom. The molecule has 7 nitrogen and oxygen atoms in total. The molecule has 0 fully saturated rings. The Hall–Kier alpha value is -2.28. The predicted molar refractivity (Wildman–Crippen MR) is 68.9 cm³/mol. The van der Waals surface area contributed by atoms with E-state index in [1.54, 1.807) is 34.2 Å². The molecule has 0 atom stereocenters. The number of imidazole rings is 1. The van der Waals surface area contributed by atoms with Crippen LogP contribution in [0.1, 0.15) is 6.92 Å². The van der Waals surface area contributed by atoms with Crippen LogP contribution < -0.4 is 0 Å². The lowest BCUT2D eigenvalue weighted by Gasteiger charge is -2.02. The van der Waals surface area contributed by atoms with Crippen LogP contribution >= 0.6 is 11.6 Å². The maximum atomic E-state index is 5.93. The van der Waals surface area contributed by atoms with E-state index in [1.807, 2.05) is 13.1 Å². The maximum absolute atomic E-state index is 5.93. The molecule has 0 aliphatic heterocycles. The van der Waals surface area contributed by atoms with E-state index in [9.17, 15) is 0 Å². The fourth-order valence-electron chi connectivity index (χ4n) is 1.61. The number of rotatable bonds is 3. The molecule has 0 saturated heterocycles. The van der Waals surface area contributed by atoms with Crippen molar-refractivity contribution in [3.8, 4) is 17.3 Å². The van der Waals surface area contributed by atoms with Crippen molar-refractivity contribution < 1.29 is 0 Å². The standard InChI is InChI=1S/C11H10ClN7/c1-2-19-6-8(5-14-19)9-15-10(12)17-11(16-9)18-4-3-13-7-18/h3-7H,2H2,1H3. The largest absolute Gasteiger partial charge is 0.274 e. The molecule has 0 amide bonds. The number of aryl methyl sites for hydroxylation is 1. The molecular formula is C11H10ClN7. The smallest absolute Gasteiger partial charge is 0.239 e. The van der Waals surface area contributed by atoms with Gasteiger partial charge in [-0.3, -0.25) is 9.25 Å². The van der Waals surface area contributed by atoms with E-state index in [1.165, 1.54) is 0 Å². The zero-order valence-electron chi connectivity index (χ0n) is 10.1. The van der Waals surface area contributed by atoms with Gasteiger partial charge in [0.1, 0.15) is 6.33 Å². The highest BCUT2D eigenvalue weighted by Crippen LogP contribution is 2.16. The van der Waals surface area contributed by atoms with Crippen LogP contribution in [0.5, 0.6) is 0 Å². The predicted octanol–water partition coefficient (Wildman–Crippen LogP) is 1.59. The number of hydrogen-bond acceptors (Lipinski definition) is 5. The molecule has 0 aromatic carbocycles. The molecule has 0 aliphatic carbocycles. The zero-order chi connectivity index (χ0) is 13.2. The molecule has 8 heteroatoms. The second kappa shape index (κ2) is 4.77. The van der Waals surface area contributed by atoms with Crippen molar-refractivity contribution in [3.63, 3.8) is 0 Å². The minimum Gasteiger partial charge on any atom is -0.274 e. The van der Waals surface area contributed by atoms with Gasteiger partial charge < -0.3 is 0 Å². The fraction of sp³-hybridized carbons (Fsp3) is 0.182. The lowest BCUT2D eigenvalue weighted by molar-refractivity contribution is 0.660. The van der Waals surface area contributed by atoms with Crippen LogP contribution in [0.2, 0.25) is 5.28 Å². The highest BCUT2D eigenvalue weighted by atomic mass is 35.5. The van der Waals surface area contributed by atoms with E-state index < -0.39 is 0 Å².